The quantitative estimate of drug-likeness (QED) is 0.540. The lowest BCUT2D eigenvalue weighted by Gasteiger charge is -2.27. The highest BCUT2D eigenvalue weighted by Crippen LogP contribution is 2.27. The highest BCUT2D eigenvalue weighted by Gasteiger charge is 2.22. The Morgan fingerprint density at radius 3 is 2.57 bits per heavy atom. The molecular weight excluding hydrogens is 402 g/mol. The zero-order valence-corrected chi connectivity index (χ0v) is 18.4. The van der Waals surface area contributed by atoms with Crippen LogP contribution >= 0.6 is 11.3 Å². The van der Waals surface area contributed by atoms with E-state index in [-0.39, 0.29) is 30.7 Å². The predicted molar refractivity (Wildman–Crippen MR) is 117 cm³/mol. The van der Waals surface area contributed by atoms with Crippen LogP contribution in [-0.4, -0.2) is 39.0 Å². The monoisotopic (exact) mass is 427 g/mol. The number of carbonyl (C=O) groups is 2. The van der Waals surface area contributed by atoms with Crippen LogP contribution in [0.2, 0.25) is 0 Å². The second kappa shape index (κ2) is 9.21. The first-order valence-corrected chi connectivity index (χ1v) is 10.6. The van der Waals surface area contributed by atoms with Crippen LogP contribution in [0, 0.1) is 6.92 Å². The number of thiophene rings is 1. The molecule has 0 aliphatic carbocycles. The van der Waals surface area contributed by atoms with Crippen molar-refractivity contribution in [3.05, 3.63) is 63.0 Å². The van der Waals surface area contributed by atoms with Crippen molar-refractivity contribution in [1.29, 1.82) is 0 Å². The number of esters is 1. The molecule has 0 aliphatic rings. The van der Waals surface area contributed by atoms with Gasteiger partial charge in [0.05, 0.1) is 18.3 Å². The predicted octanol–water partition coefficient (Wildman–Crippen LogP) is 3.38. The fourth-order valence-corrected chi connectivity index (χ4v) is 4.27. The lowest BCUT2D eigenvalue weighted by atomic mass is 10.2. The fraction of sp³-hybridized carbons (Fsp3) is 0.364. The van der Waals surface area contributed by atoms with Gasteiger partial charge in [0.15, 0.2) is 0 Å². The van der Waals surface area contributed by atoms with Crippen molar-refractivity contribution in [3.63, 3.8) is 0 Å². The van der Waals surface area contributed by atoms with Crippen molar-refractivity contribution in [3.8, 4) is 0 Å². The molecule has 0 radical (unpaired) electrons. The van der Waals surface area contributed by atoms with Crippen molar-refractivity contribution in [2.24, 2.45) is 0 Å². The van der Waals surface area contributed by atoms with Gasteiger partial charge in [-0.05, 0) is 38.8 Å². The molecule has 0 atom stereocenters. The summed E-state index contributed by atoms with van der Waals surface area (Å²) in [7, 11) is 0. The number of rotatable bonds is 7. The van der Waals surface area contributed by atoms with Crippen LogP contribution in [0.5, 0.6) is 0 Å². The SMILES string of the molecule is CCOC(=O)c1sc2ncn(CC(=O)N(Cc3ccccc3)C(C)C)c(=O)c2c1C. The number of fused-ring (bicyclic) bond motifs is 1. The summed E-state index contributed by atoms with van der Waals surface area (Å²) in [6, 6.07) is 9.70. The van der Waals surface area contributed by atoms with Gasteiger partial charge in [0.25, 0.3) is 5.56 Å². The number of hydrogen-bond acceptors (Lipinski definition) is 6. The molecule has 0 saturated carbocycles. The van der Waals surface area contributed by atoms with Crippen molar-refractivity contribution >= 4 is 33.4 Å². The maximum Gasteiger partial charge on any atom is 0.348 e. The largest absolute Gasteiger partial charge is 0.462 e. The summed E-state index contributed by atoms with van der Waals surface area (Å²) in [5.74, 6) is -0.635. The van der Waals surface area contributed by atoms with E-state index in [1.165, 1.54) is 10.9 Å². The number of benzene rings is 1. The van der Waals surface area contributed by atoms with E-state index in [4.69, 9.17) is 4.74 Å². The Kier molecular flexibility index (Phi) is 6.66. The van der Waals surface area contributed by atoms with Gasteiger partial charge < -0.3 is 9.64 Å². The molecule has 30 heavy (non-hydrogen) atoms. The zero-order valence-electron chi connectivity index (χ0n) is 17.5. The number of amides is 1. The minimum atomic E-state index is -0.464. The van der Waals surface area contributed by atoms with Gasteiger partial charge in [-0.2, -0.15) is 0 Å². The first-order valence-electron chi connectivity index (χ1n) is 9.82. The maximum absolute atomic E-state index is 13.0. The smallest absolute Gasteiger partial charge is 0.348 e. The molecule has 1 aromatic carbocycles. The Hall–Kier alpha value is -3.00. The van der Waals surface area contributed by atoms with Gasteiger partial charge in [-0.1, -0.05) is 30.3 Å². The van der Waals surface area contributed by atoms with Crippen molar-refractivity contribution < 1.29 is 14.3 Å². The Bertz CT molecular complexity index is 1120. The zero-order chi connectivity index (χ0) is 21.8. The normalized spacial score (nSPS) is 11.1. The number of aryl methyl sites for hydroxylation is 1. The van der Waals surface area contributed by atoms with Crippen LogP contribution in [0.1, 0.15) is 41.6 Å². The molecule has 3 rings (SSSR count). The highest BCUT2D eigenvalue weighted by molar-refractivity contribution is 7.20. The summed E-state index contributed by atoms with van der Waals surface area (Å²) in [4.78, 5) is 45.0. The summed E-state index contributed by atoms with van der Waals surface area (Å²) in [5, 5.41) is 0.359. The third-order valence-electron chi connectivity index (χ3n) is 4.82. The van der Waals surface area contributed by atoms with E-state index in [9.17, 15) is 14.4 Å². The molecular formula is C22H25N3O4S. The van der Waals surface area contributed by atoms with Gasteiger partial charge in [0.1, 0.15) is 16.3 Å². The summed E-state index contributed by atoms with van der Waals surface area (Å²) in [6.45, 7) is 7.93. The minimum Gasteiger partial charge on any atom is -0.462 e. The second-order valence-corrected chi connectivity index (χ2v) is 8.23. The topological polar surface area (TPSA) is 81.5 Å². The van der Waals surface area contributed by atoms with Gasteiger partial charge in [0, 0.05) is 12.6 Å². The molecule has 7 nitrogen and oxygen atoms in total. The third-order valence-corrected chi connectivity index (χ3v) is 6.00. The van der Waals surface area contributed by atoms with Gasteiger partial charge in [-0.3, -0.25) is 14.2 Å². The number of carbonyl (C=O) groups excluding carboxylic acids is 2. The number of aromatic nitrogens is 2. The van der Waals surface area contributed by atoms with E-state index in [0.29, 0.717) is 27.2 Å². The molecule has 0 N–H and O–H groups in total. The van der Waals surface area contributed by atoms with Gasteiger partial charge in [0.2, 0.25) is 5.91 Å². The van der Waals surface area contributed by atoms with Crippen LogP contribution in [0.3, 0.4) is 0 Å². The maximum atomic E-state index is 13.0. The summed E-state index contributed by atoms with van der Waals surface area (Å²) < 4.78 is 6.37. The van der Waals surface area contributed by atoms with E-state index in [2.05, 4.69) is 4.98 Å². The number of nitrogens with zero attached hydrogens (tertiary/aromatic N) is 3. The molecule has 8 heteroatoms. The van der Waals surface area contributed by atoms with Crippen molar-refractivity contribution in [2.75, 3.05) is 6.61 Å². The fourth-order valence-electron chi connectivity index (χ4n) is 3.24. The Balaban J connectivity index is 1.89. The van der Waals surface area contributed by atoms with Crippen LogP contribution < -0.4 is 5.56 Å². The van der Waals surface area contributed by atoms with Crippen molar-refractivity contribution in [1.82, 2.24) is 14.5 Å². The lowest BCUT2D eigenvalue weighted by Crippen LogP contribution is -2.40. The summed E-state index contributed by atoms with van der Waals surface area (Å²) in [6.07, 6.45) is 1.37. The van der Waals surface area contributed by atoms with E-state index in [0.717, 1.165) is 16.9 Å². The van der Waals surface area contributed by atoms with Crippen LogP contribution in [-0.2, 0) is 22.6 Å². The van der Waals surface area contributed by atoms with Crippen LogP contribution in [0.4, 0.5) is 0 Å². The van der Waals surface area contributed by atoms with E-state index >= 15 is 0 Å². The Labute approximate surface area is 178 Å². The third kappa shape index (κ3) is 4.43. The molecule has 158 valence electrons. The Morgan fingerprint density at radius 2 is 1.93 bits per heavy atom. The molecule has 0 saturated heterocycles. The minimum absolute atomic E-state index is 0.0246. The van der Waals surface area contributed by atoms with E-state index in [1.807, 2.05) is 44.2 Å². The first-order chi connectivity index (χ1) is 14.3. The standard InChI is InChI=1S/C22H25N3O4S/c1-5-29-22(28)19-15(4)18-20(30-19)23-13-24(21(18)27)12-17(26)25(14(2)3)11-16-9-7-6-8-10-16/h6-10,13-14H,5,11-12H2,1-4H3. The Morgan fingerprint density at radius 1 is 1.23 bits per heavy atom. The molecule has 1 amide bonds. The molecule has 0 fully saturated rings. The lowest BCUT2D eigenvalue weighted by molar-refractivity contribution is -0.134. The summed E-state index contributed by atoms with van der Waals surface area (Å²) in [5.41, 5.74) is 1.23. The van der Waals surface area contributed by atoms with E-state index < -0.39 is 5.97 Å². The van der Waals surface area contributed by atoms with Crippen LogP contribution in [0.25, 0.3) is 10.2 Å². The summed E-state index contributed by atoms with van der Waals surface area (Å²) >= 11 is 1.13. The molecule has 3 aromatic rings. The molecule has 2 aromatic heterocycles. The van der Waals surface area contributed by atoms with Crippen LogP contribution in [0.15, 0.2) is 41.5 Å². The molecule has 2 heterocycles. The molecule has 0 unspecified atom stereocenters. The number of hydrogen-bond donors (Lipinski definition) is 0. The van der Waals surface area contributed by atoms with Gasteiger partial charge in [-0.25, -0.2) is 9.78 Å². The van der Waals surface area contributed by atoms with E-state index in [1.54, 1.807) is 18.7 Å². The molecule has 0 spiro atoms. The van der Waals surface area contributed by atoms with Gasteiger partial charge in [-0.15, -0.1) is 11.3 Å². The average molecular weight is 428 g/mol. The molecule has 0 bridgehead atoms. The average Bonchev–Trinajstić information content (AvgIpc) is 3.06. The molecule has 0 aliphatic heterocycles. The first kappa shape index (κ1) is 21.7. The number of ether oxygens (including phenoxy) is 1. The highest BCUT2D eigenvalue weighted by atomic mass is 32.1. The van der Waals surface area contributed by atoms with Gasteiger partial charge >= 0.3 is 5.97 Å². The van der Waals surface area contributed by atoms with Crippen molar-refractivity contribution in [2.45, 2.75) is 46.8 Å². The second-order valence-electron chi connectivity index (χ2n) is 7.24.